The van der Waals surface area contributed by atoms with Gasteiger partial charge in [0.15, 0.2) is 0 Å². The van der Waals surface area contributed by atoms with Crippen LogP contribution in [0.15, 0.2) is 28.7 Å². The smallest absolute Gasteiger partial charge is 0.0175 e. The fourth-order valence-electron chi connectivity index (χ4n) is 6.01. The SMILES string of the molecule is CCCC1CCC(C(C)C2CCC(C(C)c3ccc(Br)cc3)CC2)CC1. The van der Waals surface area contributed by atoms with Gasteiger partial charge in [0.25, 0.3) is 0 Å². The number of halogens is 1. The van der Waals surface area contributed by atoms with Crippen LogP contribution in [0.2, 0.25) is 0 Å². The summed E-state index contributed by atoms with van der Waals surface area (Å²) in [6, 6.07) is 9.04. The Morgan fingerprint density at radius 3 is 1.85 bits per heavy atom. The maximum atomic E-state index is 3.56. The van der Waals surface area contributed by atoms with E-state index in [0.29, 0.717) is 5.92 Å². The first kappa shape index (κ1) is 20.4. The maximum absolute atomic E-state index is 3.56. The van der Waals surface area contributed by atoms with Crippen LogP contribution in [-0.2, 0) is 0 Å². The second kappa shape index (κ2) is 9.76. The van der Waals surface area contributed by atoms with E-state index in [1.54, 1.807) is 0 Å². The van der Waals surface area contributed by atoms with Crippen molar-refractivity contribution in [3.05, 3.63) is 34.3 Å². The predicted octanol–water partition coefficient (Wildman–Crippen LogP) is 8.60. The molecule has 0 aliphatic heterocycles. The predicted molar refractivity (Wildman–Crippen MR) is 118 cm³/mol. The van der Waals surface area contributed by atoms with Crippen molar-refractivity contribution in [3.8, 4) is 0 Å². The number of rotatable bonds is 6. The van der Waals surface area contributed by atoms with Crippen molar-refractivity contribution in [2.45, 2.75) is 90.9 Å². The molecule has 1 aromatic rings. The van der Waals surface area contributed by atoms with E-state index >= 15 is 0 Å². The van der Waals surface area contributed by atoms with E-state index in [1.807, 2.05) is 0 Å². The van der Waals surface area contributed by atoms with Gasteiger partial charge in [-0.1, -0.05) is 74.5 Å². The second-order valence-corrected chi connectivity index (χ2v) is 10.4. The molecule has 1 heteroatoms. The van der Waals surface area contributed by atoms with Gasteiger partial charge in [0.05, 0.1) is 0 Å². The van der Waals surface area contributed by atoms with Crippen LogP contribution in [-0.4, -0.2) is 0 Å². The Labute approximate surface area is 170 Å². The molecule has 2 unspecified atom stereocenters. The highest BCUT2D eigenvalue weighted by Crippen LogP contribution is 2.45. The standard InChI is InChI=1S/C25H39Br/c1-4-5-20-6-8-21(9-7-20)18(2)22-10-12-23(13-11-22)19(3)24-14-16-25(26)17-15-24/h14-23H,4-13H2,1-3H3. The Bertz CT molecular complexity index is 518. The average Bonchev–Trinajstić information content (AvgIpc) is 2.68. The molecule has 0 bridgehead atoms. The van der Waals surface area contributed by atoms with E-state index in [2.05, 4.69) is 61.0 Å². The highest BCUT2D eigenvalue weighted by Gasteiger charge is 2.33. The van der Waals surface area contributed by atoms with Crippen molar-refractivity contribution in [2.75, 3.05) is 0 Å². The van der Waals surface area contributed by atoms with Crippen LogP contribution in [0.4, 0.5) is 0 Å². The molecule has 146 valence electrons. The molecule has 2 saturated carbocycles. The first-order valence-corrected chi connectivity index (χ1v) is 12.1. The monoisotopic (exact) mass is 418 g/mol. The van der Waals surface area contributed by atoms with Crippen molar-refractivity contribution in [2.24, 2.45) is 29.6 Å². The molecule has 2 aliphatic rings. The fraction of sp³-hybridized carbons (Fsp3) is 0.760. The van der Waals surface area contributed by atoms with Gasteiger partial charge >= 0.3 is 0 Å². The topological polar surface area (TPSA) is 0 Å². The summed E-state index contributed by atoms with van der Waals surface area (Å²) in [6.45, 7) is 7.39. The molecule has 0 nitrogen and oxygen atoms in total. The number of benzene rings is 1. The number of hydrogen-bond donors (Lipinski definition) is 0. The molecular formula is C25H39Br. The third-order valence-corrected chi connectivity index (χ3v) is 8.52. The minimum atomic E-state index is 0.712. The maximum Gasteiger partial charge on any atom is 0.0175 e. The van der Waals surface area contributed by atoms with Crippen LogP contribution in [0, 0.1) is 29.6 Å². The third kappa shape index (κ3) is 5.15. The Morgan fingerprint density at radius 2 is 1.31 bits per heavy atom. The van der Waals surface area contributed by atoms with Gasteiger partial charge in [0, 0.05) is 4.47 Å². The zero-order chi connectivity index (χ0) is 18.5. The average molecular weight is 419 g/mol. The molecule has 2 fully saturated rings. The second-order valence-electron chi connectivity index (χ2n) is 9.44. The zero-order valence-electron chi connectivity index (χ0n) is 17.2. The third-order valence-electron chi connectivity index (χ3n) is 7.99. The van der Waals surface area contributed by atoms with E-state index in [1.165, 1.54) is 74.2 Å². The summed E-state index contributed by atoms with van der Waals surface area (Å²) in [7, 11) is 0. The highest BCUT2D eigenvalue weighted by atomic mass is 79.9. The molecule has 3 rings (SSSR count). The van der Waals surface area contributed by atoms with Crippen LogP contribution >= 0.6 is 15.9 Å². The largest absolute Gasteiger partial charge is 0.0654 e. The molecule has 0 N–H and O–H groups in total. The van der Waals surface area contributed by atoms with Gasteiger partial charge in [-0.05, 0) is 91.7 Å². The van der Waals surface area contributed by atoms with Gasteiger partial charge in [-0.25, -0.2) is 0 Å². The molecule has 0 aromatic heterocycles. The van der Waals surface area contributed by atoms with Crippen molar-refractivity contribution in [1.82, 2.24) is 0 Å². The highest BCUT2D eigenvalue weighted by molar-refractivity contribution is 9.10. The molecule has 0 heterocycles. The Kier molecular flexibility index (Phi) is 7.67. The Morgan fingerprint density at radius 1 is 0.808 bits per heavy atom. The molecule has 2 atom stereocenters. The molecule has 0 radical (unpaired) electrons. The molecule has 0 saturated heterocycles. The quantitative estimate of drug-likeness (QED) is 0.433. The van der Waals surface area contributed by atoms with Crippen LogP contribution < -0.4 is 0 Å². The summed E-state index contributed by atoms with van der Waals surface area (Å²) >= 11 is 3.56. The normalized spacial score (nSPS) is 32.2. The van der Waals surface area contributed by atoms with Gasteiger partial charge in [0.1, 0.15) is 0 Å². The van der Waals surface area contributed by atoms with Gasteiger partial charge < -0.3 is 0 Å². The van der Waals surface area contributed by atoms with Crippen molar-refractivity contribution < 1.29 is 0 Å². The van der Waals surface area contributed by atoms with E-state index in [-0.39, 0.29) is 0 Å². The summed E-state index contributed by atoms with van der Waals surface area (Å²) in [6.07, 6.45) is 14.7. The lowest BCUT2D eigenvalue weighted by atomic mass is 9.65. The van der Waals surface area contributed by atoms with Crippen molar-refractivity contribution in [1.29, 1.82) is 0 Å². The summed E-state index contributed by atoms with van der Waals surface area (Å²) in [4.78, 5) is 0. The molecule has 2 aliphatic carbocycles. The molecule has 1 aromatic carbocycles. The first-order chi connectivity index (χ1) is 12.6. The summed E-state index contributed by atoms with van der Waals surface area (Å²) < 4.78 is 1.19. The minimum absolute atomic E-state index is 0.712. The molecule has 0 spiro atoms. The summed E-state index contributed by atoms with van der Waals surface area (Å²) in [5.41, 5.74) is 1.53. The lowest BCUT2D eigenvalue weighted by Crippen LogP contribution is -2.29. The lowest BCUT2D eigenvalue weighted by Gasteiger charge is -2.40. The van der Waals surface area contributed by atoms with Gasteiger partial charge in [-0.15, -0.1) is 0 Å². The molecule has 0 amide bonds. The molecular weight excluding hydrogens is 380 g/mol. The number of hydrogen-bond acceptors (Lipinski definition) is 0. The Hall–Kier alpha value is -0.300. The van der Waals surface area contributed by atoms with Crippen molar-refractivity contribution >= 4 is 15.9 Å². The summed E-state index contributed by atoms with van der Waals surface area (Å²) in [5.74, 6) is 5.63. The van der Waals surface area contributed by atoms with Crippen LogP contribution in [0.25, 0.3) is 0 Å². The van der Waals surface area contributed by atoms with Gasteiger partial charge in [-0.3, -0.25) is 0 Å². The van der Waals surface area contributed by atoms with Crippen LogP contribution in [0.3, 0.4) is 0 Å². The zero-order valence-corrected chi connectivity index (χ0v) is 18.8. The van der Waals surface area contributed by atoms with Gasteiger partial charge in [-0.2, -0.15) is 0 Å². The van der Waals surface area contributed by atoms with Crippen LogP contribution in [0.5, 0.6) is 0 Å². The van der Waals surface area contributed by atoms with E-state index in [9.17, 15) is 0 Å². The van der Waals surface area contributed by atoms with Gasteiger partial charge in [0.2, 0.25) is 0 Å². The van der Waals surface area contributed by atoms with E-state index in [0.717, 1.165) is 29.6 Å². The van der Waals surface area contributed by atoms with Crippen molar-refractivity contribution in [3.63, 3.8) is 0 Å². The molecule has 26 heavy (non-hydrogen) atoms. The van der Waals surface area contributed by atoms with E-state index < -0.39 is 0 Å². The first-order valence-electron chi connectivity index (χ1n) is 11.3. The minimum Gasteiger partial charge on any atom is -0.0654 e. The summed E-state index contributed by atoms with van der Waals surface area (Å²) in [5, 5.41) is 0. The Balaban J connectivity index is 1.46. The van der Waals surface area contributed by atoms with Crippen LogP contribution in [0.1, 0.15) is 96.5 Å². The lowest BCUT2D eigenvalue weighted by molar-refractivity contribution is 0.118. The van der Waals surface area contributed by atoms with E-state index in [4.69, 9.17) is 0 Å². The fourth-order valence-corrected chi connectivity index (χ4v) is 6.27.